The number of benzene rings is 1. The molecule has 39 heavy (non-hydrogen) atoms. The Kier molecular flexibility index (Phi) is 7.81. The molecule has 2 aromatic rings. The number of aromatic nitrogens is 4. The highest BCUT2D eigenvalue weighted by Gasteiger charge is 2.54. The highest BCUT2D eigenvalue weighted by Crippen LogP contribution is 2.41. The van der Waals surface area contributed by atoms with E-state index in [1.807, 2.05) is 0 Å². The van der Waals surface area contributed by atoms with Gasteiger partial charge in [0.05, 0.1) is 0 Å². The van der Waals surface area contributed by atoms with Crippen LogP contribution in [0.5, 0.6) is 0 Å². The van der Waals surface area contributed by atoms with Crippen molar-refractivity contribution < 1.29 is 29.1 Å². The van der Waals surface area contributed by atoms with Crippen LogP contribution in [0.15, 0.2) is 46.8 Å². The van der Waals surface area contributed by atoms with E-state index in [1.54, 1.807) is 37.4 Å². The molecule has 4 heterocycles. The summed E-state index contributed by atoms with van der Waals surface area (Å²) >= 11 is 3.60. The van der Waals surface area contributed by atoms with E-state index >= 15 is 0 Å². The van der Waals surface area contributed by atoms with Gasteiger partial charge >= 0.3 is 12.0 Å². The summed E-state index contributed by atoms with van der Waals surface area (Å²) in [6, 6.07) is 5.59. The molecule has 3 N–H and O–H groups in total. The van der Waals surface area contributed by atoms with Gasteiger partial charge in [0, 0.05) is 30.9 Å². The molecule has 0 bridgehead atoms. The van der Waals surface area contributed by atoms with Gasteiger partial charge in [0.1, 0.15) is 23.2 Å². The molecule has 3 atom stereocenters. The van der Waals surface area contributed by atoms with Crippen molar-refractivity contribution in [2.75, 3.05) is 23.8 Å². The molecule has 5 amide bonds. The van der Waals surface area contributed by atoms with Gasteiger partial charge in [-0.2, -0.15) is 0 Å². The summed E-state index contributed by atoms with van der Waals surface area (Å²) in [6.45, 7) is 0.228. The van der Waals surface area contributed by atoms with Crippen molar-refractivity contribution in [3.63, 3.8) is 0 Å². The van der Waals surface area contributed by atoms with E-state index in [0.717, 1.165) is 16.7 Å². The molecular formula is C22H22N8O6S3. The SMILES string of the molecule is Cn1nnnc1SCC1=C(C(=O)O)N2C(=O)C(NC(=O)C(NC(=O)N3CCSC3=O)c3ccccc3)[C@H]2SC1. The number of aliphatic carboxylic acids is 1. The molecule has 17 heteroatoms. The van der Waals surface area contributed by atoms with E-state index in [9.17, 15) is 29.1 Å². The lowest BCUT2D eigenvalue weighted by Crippen LogP contribution is -2.71. The van der Waals surface area contributed by atoms with E-state index in [2.05, 4.69) is 26.2 Å². The molecule has 5 rings (SSSR count). The predicted molar refractivity (Wildman–Crippen MR) is 141 cm³/mol. The van der Waals surface area contributed by atoms with Crippen LogP contribution >= 0.6 is 35.3 Å². The molecule has 3 aliphatic heterocycles. The van der Waals surface area contributed by atoms with Gasteiger partial charge in [0.25, 0.3) is 11.1 Å². The number of hydrogen-bond donors (Lipinski definition) is 3. The number of hydrogen-bond acceptors (Lipinski definition) is 11. The maximum Gasteiger partial charge on any atom is 0.352 e. The third kappa shape index (κ3) is 5.33. The Morgan fingerprint density at radius 2 is 2.00 bits per heavy atom. The molecular weight excluding hydrogens is 568 g/mol. The van der Waals surface area contributed by atoms with Crippen LogP contribution < -0.4 is 10.6 Å². The molecule has 14 nitrogen and oxygen atoms in total. The van der Waals surface area contributed by atoms with Crippen molar-refractivity contribution in [1.82, 2.24) is 40.6 Å². The second-order valence-corrected chi connectivity index (χ2v) is 11.7. The first-order chi connectivity index (χ1) is 18.8. The molecule has 2 saturated heterocycles. The topological polar surface area (TPSA) is 180 Å². The van der Waals surface area contributed by atoms with Crippen LogP contribution in [-0.4, -0.2) is 99.4 Å². The zero-order chi connectivity index (χ0) is 27.7. The summed E-state index contributed by atoms with van der Waals surface area (Å²) in [5.74, 6) is -1.39. The molecule has 0 saturated carbocycles. The van der Waals surface area contributed by atoms with Gasteiger partial charge in [-0.25, -0.2) is 14.3 Å². The number of thioether (sulfide) groups is 3. The standard InChI is InChI=1S/C22H22N8O6S3/c1-28-21(25-26-27-28)39-10-12-9-38-18-14(17(32)30(18)15(12)19(33)34)23-16(31)13(11-5-3-2-4-6-11)24-20(35)29-7-8-37-22(29)36/h2-6,13-14,18H,7-10H2,1H3,(H,23,31)(H,24,35)(H,33,34)/t13?,14?,18-/m1/s1. The second kappa shape index (κ2) is 11.3. The molecule has 0 radical (unpaired) electrons. The number of carboxylic acids is 1. The summed E-state index contributed by atoms with van der Waals surface area (Å²) in [5.41, 5.74) is 0.888. The largest absolute Gasteiger partial charge is 0.477 e. The smallest absolute Gasteiger partial charge is 0.352 e. The molecule has 204 valence electrons. The van der Waals surface area contributed by atoms with E-state index in [4.69, 9.17) is 0 Å². The molecule has 2 fully saturated rings. The fourth-order valence-corrected chi connectivity index (χ4v) is 7.36. The second-order valence-electron chi connectivity index (χ2n) is 8.59. The van der Waals surface area contributed by atoms with Gasteiger partial charge in [0.15, 0.2) is 0 Å². The maximum atomic E-state index is 13.4. The average Bonchev–Trinajstić information content (AvgIpc) is 3.55. The van der Waals surface area contributed by atoms with Crippen LogP contribution in [0.4, 0.5) is 9.59 Å². The number of tetrazole rings is 1. The summed E-state index contributed by atoms with van der Waals surface area (Å²) in [4.78, 5) is 65.6. The minimum absolute atomic E-state index is 0.116. The Hall–Kier alpha value is -3.57. The molecule has 1 aromatic heterocycles. The minimum atomic E-state index is -1.24. The minimum Gasteiger partial charge on any atom is -0.477 e. The van der Waals surface area contributed by atoms with Crippen molar-refractivity contribution >= 4 is 64.3 Å². The number of carbonyl (C=O) groups is 5. The Labute approximate surface area is 234 Å². The van der Waals surface area contributed by atoms with Gasteiger partial charge in [-0.3, -0.25) is 24.2 Å². The summed E-state index contributed by atoms with van der Waals surface area (Å²) in [6.07, 6.45) is 0. The normalized spacial score (nSPS) is 21.4. The maximum absolute atomic E-state index is 13.4. The van der Waals surface area contributed by atoms with Crippen LogP contribution in [-0.2, 0) is 21.4 Å². The fourth-order valence-electron chi connectivity index (χ4n) is 4.25. The third-order valence-corrected chi connectivity index (χ3v) is 9.46. The lowest BCUT2D eigenvalue weighted by Gasteiger charge is -2.49. The number of amides is 5. The van der Waals surface area contributed by atoms with Crippen LogP contribution in [0.3, 0.4) is 0 Å². The number of imide groups is 1. The fraction of sp³-hybridized carbons (Fsp3) is 0.364. The molecule has 2 unspecified atom stereocenters. The number of carboxylic acid groups (broad SMARTS) is 1. The summed E-state index contributed by atoms with van der Waals surface area (Å²) < 4.78 is 1.46. The van der Waals surface area contributed by atoms with Crippen LogP contribution in [0.1, 0.15) is 11.6 Å². The quantitative estimate of drug-likeness (QED) is 0.289. The molecule has 0 aliphatic carbocycles. The summed E-state index contributed by atoms with van der Waals surface area (Å²) in [5, 5.41) is 25.8. The number of nitrogens with one attached hydrogen (secondary N) is 2. The monoisotopic (exact) mass is 590 g/mol. The number of β-lactam (4-membered cyclic amide) rings is 1. The third-order valence-electron chi connectivity index (χ3n) is 6.17. The van der Waals surface area contributed by atoms with Crippen LogP contribution in [0.2, 0.25) is 0 Å². The summed E-state index contributed by atoms with van der Waals surface area (Å²) in [7, 11) is 1.67. The number of urea groups is 1. The lowest BCUT2D eigenvalue weighted by molar-refractivity contribution is -0.151. The number of fused-ring (bicyclic) bond motifs is 1. The van der Waals surface area contributed by atoms with E-state index in [1.165, 1.54) is 33.1 Å². The van der Waals surface area contributed by atoms with E-state index in [0.29, 0.717) is 27.8 Å². The first-order valence-corrected chi connectivity index (χ1v) is 14.6. The predicted octanol–water partition coefficient (Wildman–Crippen LogP) is 0.661. The van der Waals surface area contributed by atoms with Crippen LogP contribution in [0, 0.1) is 0 Å². The van der Waals surface area contributed by atoms with Crippen molar-refractivity contribution in [1.29, 1.82) is 0 Å². The van der Waals surface area contributed by atoms with Crippen LogP contribution in [0.25, 0.3) is 0 Å². The Balaban J connectivity index is 1.30. The zero-order valence-electron chi connectivity index (χ0n) is 20.3. The highest BCUT2D eigenvalue weighted by molar-refractivity contribution is 8.13. The molecule has 3 aliphatic rings. The lowest BCUT2D eigenvalue weighted by atomic mass is 10.0. The number of aryl methyl sites for hydroxylation is 1. The van der Waals surface area contributed by atoms with E-state index in [-0.39, 0.29) is 18.0 Å². The number of carbonyl (C=O) groups excluding carboxylic acids is 4. The van der Waals surface area contributed by atoms with Gasteiger partial charge in [-0.1, -0.05) is 53.9 Å². The van der Waals surface area contributed by atoms with Gasteiger partial charge < -0.3 is 15.7 Å². The van der Waals surface area contributed by atoms with Crippen molar-refractivity contribution in [2.45, 2.75) is 22.6 Å². The van der Waals surface area contributed by atoms with Crippen molar-refractivity contribution in [2.24, 2.45) is 7.05 Å². The van der Waals surface area contributed by atoms with Gasteiger partial charge in [0.2, 0.25) is 11.1 Å². The Morgan fingerprint density at radius 3 is 2.64 bits per heavy atom. The van der Waals surface area contributed by atoms with Crippen molar-refractivity contribution in [3.8, 4) is 0 Å². The average molecular weight is 591 g/mol. The number of nitrogens with zero attached hydrogens (tertiary/aromatic N) is 6. The highest BCUT2D eigenvalue weighted by atomic mass is 32.2. The molecule has 1 aromatic carbocycles. The van der Waals surface area contributed by atoms with E-state index < -0.39 is 46.5 Å². The molecule has 0 spiro atoms. The van der Waals surface area contributed by atoms with Gasteiger partial charge in [-0.05, 0) is 21.6 Å². The number of rotatable bonds is 8. The Morgan fingerprint density at radius 1 is 1.23 bits per heavy atom. The van der Waals surface area contributed by atoms with Crippen molar-refractivity contribution in [3.05, 3.63) is 47.2 Å². The van der Waals surface area contributed by atoms with Gasteiger partial charge in [-0.15, -0.1) is 16.9 Å². The first-order valence-electron chi connectivity index (χ1n) is 11.6. The first kappa shape index (κ1) is 27.0. The Bertz CT molecular complexity index is 1370. The zero-order valence-corrected chi connectivity index (χ0v) is 22.8.